The first-order valence-corrected chi connectivity index (χ1v) is 9.90. The lowest BCUT2D eigenvalue weighted by Gasteiger charge is -2.30. The first-order valence-electron chi connectivity index (χ1n) is 9.90. The van der Waals surface area contributed by atoms with Crippen molar-refractivity contribution >= 4 is 5.91 Å². The Balaban J connectivity index is 1.45. The van der Waals surface area contributed by atoms with E-state index < -0.39 is 0 Å². The monoisotopic (exact) mass is 351 g/mol. The summed E-state index contributed by atoms with van der Waals surface area (Å²) in [4.78, 5) is 20.0. The summed E-state index contributed by atoms with van der Waals surface area (Å²) in [6, 6.07) is 8.15. The minimum atomic E-state index is 0.0395. The minimum Gasteiger partial charge on any atom is -0.342 e. The molecule has 3 aliphatic rings. The molecule has 136 valence electrons. The van der Waals surface area contributed by atoms with E-state index in [1.165, 1.54) is 18.4 Å². The molecule has 5 heteroatoms. The number of rotatable bonds is 3. The number of hydrogen-bond acceptors (Lipinski definition) is 4. The molecule has 5 nitrogen and oxygen atoms in total. The first-order chi connectivity index (χ1) is 12.7. The number of carbonyl (C=O) groups is 1. The van der Waals surface area contributed by atoms with Gasteiger partial charge in [-0.3, -0.25) is 4.79 Å². The van der Waals surface area contributed by atoms with Gasteiger partial charge in [0, 0.05) is 18.7 Å². The molecule has 1 aromatic carbocycles. The van der Waals surface area contributed by atoms with Crippen LogP contribution in [0, 0.1) is 24.7 Å². The van der Waals surface area contributed by atoms with Crippen LogP contribution in [0.25, 0.3) is 11.4 Å². The number of hydrogen-bond donors (Lipinski definition) is 0. The second kappa shape index (κ2) is 6.22. The third-order valence-electron chi connectivity index (χ3n) is 6.62. The van der Waals surface area contributed by atoms with Crippen LogP contribution in [0.1, 0.15) is 49.5 Å². The molecule has 0 radical (unpaired) electrons. The predicted octanol–water partition coefficient (Wildman–Crippen LogP) is 3.80. The minimum absolute atomic E-state index is 0.0395. The zero-order valence-corrected chi connectivity index (χ0v) is 15.2. The van der Waals surface area contributed by atoms with Crippen molar-refractivity contribution in [2.45, 2.75) is 44.9 Å². The molecule has 0 spiro atoms. The van der Waals surface area contributed by atoms with Crippen LogP contribution in [0.5, 0.6) is 0 Å². The van der Waals surface area contributed by atoms with Gasteiger partial charge in [-0.25, -0.2) is 0 Å². The topological polar surface area (TPSA) is 59.2 Å². The number of nitrogens with zero attached hydrogens (tertiary/aromatic N) is 3. The second-order valence-electron chi connectivity index (χ2n) is 8.24. The summed E-state index contributed by atoms with van der Waals surface area (Å²) < 4.78 is 5.71. The van der Waals surface area contributed by atoms with Crippen LogP contribution < -0.4 is 0 Å². The van der Waals surface area contributed by atoms with Crippen LogP contribution >= 0.6 is 0 Å². The molecule has 0 N–H and O–H groups in total. The van der Waals surface area contributed by atoms with Gasteiger partial charge < -0.3 is 9.42 Å². The zero-order chi connectivity index (χ0) is 17.7. The first kappa shape index (κ1) is 16.0. The highest BCUT2D eigenvalue weighted by Gasteiger charge is 2.54. The Morgan fingerprint density at radius 2 is 2.00 bits per heavy atom. The number of fused-ring (bicyclic) bond motifs is 2. The van der Waals surface area contributed by atoms with E-state index in [9.17, 15) is 4.79 Å². The van der Waals surface area contributed by atoms with E-state index in [2.05, 4.69) is 29.1 Å². The Kier molecular flexibility index (Phi) is 3.84. The Bertz CT molecular complexity index is 824. The van der Waals surface area contributed by atoms with Crippen molar-refractivity contribution < 1.29 is 9.32 Å². The number of aryl methyl sites for hydroxylation is 1. The van der Waals surface area contributed by atoms with Crippen LogP contribution in [-0.4, -0.2) is 34.0 Å². The van der Waals surface area contributed by atoms with E-state index in [0.29, 0.717) is 29.5 Å². The van der Waals surface area contributed by atoms with Crippen LogP contribution in [0.15, 0.2) is 28.8 Å². The zero-order valence-electron chi connectivity index (χ0n) is 15.2. The number of likely N-dealkylation sites (tertiary alicyclic amines) is 1. The molecule has 5 rings (SSSR count). The van der Waals surface area contributed by atoms with Gasteiger partial charge in [0.15, 0.2) is 0 Å². The molecule has 3 fully saturated rings. The lowest BCUT2D eigenvalue weighted by atomic mass is 9.78. The number of benzene rings is 1. The third-order valence-corrected chi connectivity index (χ3v) is 6.62. The van der Waals surface area contributed by atoms with E-state index in [4.69, 9.17) is 9.51 Å². The molecule has 1 aromatic heterocycles. The van der Waals surface area contributed by atoms with Crippen LogP contribution in [0.3, 0.4) is 0 Å². The summed E-state index contributed by atoms with van der Waals surface area (Å²) in [5, 5.41) is 4.24. The van der Waals surface area contributed by atoms with Crippen molar-refractivity contribution in [3.63, 3.8) is 0 Å². The van der Waals surface area contributed by atoms with E-state index in [-0.39, 0.29) is 11.8 Å². The normalized spacial score (nSPS) is 30.3. The molecule has 1 amide bonds. The summed E-state index contributed by atoms with van der Waals surface area (Å²) in [6.07, 6.45) is 5.76. The fraction of sp³-hybridized carbons (Fsp3) is 0.571. The molecule has 2 heterocycles. The molecular formula is C21H25N3O2. The highest BCUT2D eigenvalue weighted by atomic mass is 16.5. The van der Waals surface area contributed by atoms with Gasteiger partial charge in [0.05, 0.1) is 11.8 Å². The van der Waals surface area contributed by atoms with Crippen molar-refractivity contribution in [2.24, 2.45) is 17.8 Å². The molecule has 0 unspecified atom stereocenters. The largest absolute Gasteiger partial charge is 0.342 e. The van der Waals surface area contributed by atoms with Gasteiger partial charge in [0.1, 0.15) is 0 Å². The van der Waals surface area contributed by atoms with Gasteiger partial charge in [-0.1, -0.05) is 28.9 Å². The standard InChI is InChI=1S/C21H25N3O2/c1-13-5-4-6-16(11-13)19-22-20(26-23-19)17-14-7-8-15(12-14)18(17)21(25)24-9-2-3-10-24/h4-6,11,14-15,17-18H,2-3,7-10,12H2,1H3/t14-,15+,17+,18+/m1/s1. The van der Waals surface area contributed by atoms with E-state index in [1.807, 2.05) is 12.1 Å². The fourth-order valence-electron chi connectivity index (χ4n) is 5.42. The molecule has 2 bridgehead atoms. The Morgan fingerprint density at radius 3 is 2.81 bits per heavy atom. The molecule has 1 aliphatic heterocycles. The van der Waals surface area contributed by atoms with Crippen LogP contribution in [0.4, 0.5) is 0 Å². The smallest absolute Gasteiger partial charge is 0.231 e. The highest BCUT2D eigenvalue weighted by Crippen LogP contribution is 2.57. The Hall–Kier alpha value is -2.17. The molecule has 2 aliphatic carbocycles. The van der Waals surface area contributed by atoms with Gasteiger partial charge in [-0.05, 0) is 56.9 Å². The maximum atomic E-state index is 13.2. The van der Waals surface area contributed by atoms with Gasteiger partial charge in [0.25, 0.3) is 0 Å². The van der Waals surface area contributed by atoms with Crippen LogP contribution in [0.2, 0.25) is 0 Å². The molecule has 4 atom stereocenters. The summed E-state index contributed by atoms with van der Waals surface area (Å²) in [5.41, 5.74) is 2.15. The lowest BCUT2D eigenvalue weighted by molar-refractivity contribution is -0.137. The number of aromatic nitrogens is 2. The fourth-order valence-corrected chi connectivity index (χ4v) is 5.42. The van der Waals surface area contributed by atoms with Crippen molar-refractivity contribution in [1.29, 1.82) is 0 Å². The van der Waals surface area contributed by atoms with Crippen molar-refractivity contribution in [3.8, 4) is 11.4 Å². The number of carbonyl (C=O) groups excluding carboxylic acids is 1. The SMILES string of the molecule is Cc1cccc(-c2noc([C@H]3[C@@H]4CC[C@@H](C4)[C@@H]3C(=O)N3CCCC3)n2)c1. The van der Waals surface area contributed by atoms with E-state index in [0.717, 1.165) is 37.9 Å². The van der Waals surface area contributed by atoms with Crippen molar-refractivity contribution in [3.05, 3.63) is 35.7 Å². The van der Waals surface area contributed by atoms with Crippen molar-refractivity contribution in [2.75, 3.05) is 13.1 Å². The van der Waals surface area contributed by atoms with Crippen LogP contribution in [-0.2, 0) is 4.79 Å². The molecule has 2 saturated carbocycles. The molecule has 1 saturated heterocycles. The number of amides is 1. The summed E-state index contributed by atoms with van der Waals surface area (Å²) >= 11 is 0. The maximum absolute atomic E-state index is 13.2. The Morgan fingerprint density at radius 1 is 1.19 bits per heavy atom. The molecule has 2 aromatic rings. The molecule has 26 heavy (non-hydrogen) atoms. The molecular weight excluding hydrogens is 326 g/mol. The summed E-state index contributed by atoms with van der Waals surface area (Å²) in [6.45, 7) is 3.89. The van der Waals surface area contributed by atoms with Gasteiger partial charge >= 0.3 is 0 Å². The summed E-state index contributed by atoms with van der Waals surface area (Å²) in [7, 11) is 0. The van der Waals surface area contributed by atoms with Gasteiger partial charge in [-0.2, -0.15) is 4.98 Å². The van der Waals surface area contributed by atoms with Gasteiger partial charge in [0.2, 0.25) is 17.6 Å². The average molecular weight is 351 g/mol. The maximum Gasteiger partial charge on any atom is 0.231 e. The third kappa shape index (κ3) is 2.56. The highest BCUT2D eigenvalue weighted by molar-refractivity contribution is 5.81. The van der Waals surface area contributed by atoms with Gasteiger partial charge in [-0.15, -0.1) is 0 Å². The second-order valence-corrected chi connectivity index (χ2v) is 8.24. The Labute approximate surface area is 153 Å². The van der Waals surface area contributed by atoms with Crippen molar-refractivity contribution in [1.82, 2.24) is 15.0 Å². The predicted molar refractivity (Wildman–Crippen MR) is 97.3 cm³/mol. The van der Waals surface area contributed by atoms with E-state index >= 15 is 0 Å². The lowest BCUT2D eigenvalue weighted by Crippen LogP contribution is -2.39. The average Bonchev–Trinajstić information content (AvgIpc) is 3.45. The van der Waals surface area contributed by atoms with E-state index in [1.54, 1.807) is 0 Å². The summed E-state index contributed by atoms with van der Waals surface area (Å²) in [5.74, 6) is 2.79. The quantitative estimate of drug-likeness (QED) is 0.844.